The molecule has 4 bridgehead atoms. The van der Waals surface area contributed by atoms with Crippen LogP contribution in [0, 0.1) is 23.2 Å². The van der Waals surface area contributed by atoms with Gasteiger partial charge in [0.2, 0.25) is 0 Å². The van der Waals surface area contributed by atoms with Gasteiger partial charge in [0.05, 0.1) is 6.61 Å². The largest absolute Gasteiger partial charge is 0.450 e. The summed E-state index contributed by atoms with van der Waals surface area (Å²) in [6.07, 6.45) is 9.65. The zero-order chi connectivity index (χ0) is 12.6. The lowest BCUT2D eigenvalue weighted by molar-refractivity contribution is -0.0565. The first-order valence-electron chi connectivity index (χ1n) is 7.60. The van der Waals surface area contributed by atoms with Crippen molar-refractivity contribution < 1.29 is 9.53 Å². The van der Waals surface area contributed by atoms with Gasteiger partial charge in [0, 0.05) is 6.54 Å². The highest BCUT2D eigenvalue weighted by Gasteiger charge is 2.50. The molecule has 0 aromatic heterocycles. The summed E-state index contributed by atoms with van der Waals surface area (Å²) in [6, 6.07) is 0. The van der Waals surface area contributed by atoms with Crippen LogP contribution in [0.1, 0.15) is 51.9 Å². The van der Waals surface area contributed by atoms with Gasteiger partial charge in [-0.2, -0.15) is 0 Å². The maximum absolute atomic E-state index is 11.3. The second kappa shape index (κ2) is 4.75. The number of carbonyl (C=O) groups is 1. The Morgan fingerprint density at radius 1 is 1.17 bits per heavy atom. The Morgan fingerprint density at radius 3 is 2.22 bits per heavy atom. The Kier molecular flexibility index (Phi) is 3.25. The Morgan fingerprint density at radius 2 is 1.72 bits per heavy atom. The summed E-state index contributed by atoms with van der Waals surface area (Å²) in [5.41, 5.74) is 0.564. The fourth-order valence-corrected chi connectivity index (χ4v) is 5.21. The minimum Gasteiger partial charge on any atom is -0.450 e. The van der Waals surface area contributed by atoms with Crippen molar-refractivity contribution in [3.8, 4) is 0 Å². The maximum Gasteiger partial charge on any atom is 0.407 e. The van der Waals surface area contributed by atoms with Crippen molar-refractivity contribution in [2.45, 2.75) is 51.9 Å². The van der Waals surface area contributed by atoms with Gasteiger partial charge in [-0.05, 0) is 75.0 Å². The van der Waals surface area contributed by atoms with Gasteiger partial charge in [-0.3, -0.25) is 0 Å². The van der Waals surface area contributed by atoms with Gasteiger partial charge in [0.15, 0.2) is 0 Å². The fourth-order valence-electron chi connectivity index (χ4n) is 5.21. The first kappa shape index (κ1) is 12.3. The van der Waals surface area contributed by atoms with E-state index in [1.807, 2.05) is 6.92 Å². The lowest BCUT2D eigenvalue weighted by Crippen LogP contribution is -2.47. The second-order valence-corrected chi connectivity index (χ2v) is 6.81. The third-order valence-electron chi connectivity index (χ3n) is 5.37. The summed E-state index contributed by atoms with van der Waals surface area (Å²) in [4.78, 5) is 11.3. The van der Waals surface area contributed by atoms with E-state index in [0.29, 0.717) is 12.0 Å². The average Bonchev–Trinajstić information content (AvgIpc) is 2.26. The van der Waals surface area contributed by atoms with Crippen LogP contribution in [-0.4, -0.2) is 19.2 Å². The summed E-state index contributed by atoms with van der Waals surface area (Å²) in [5, 5.41) is 2.90. The molecule has 0 aromatic rings. The number of carbonyl (C=O) groups excluding carboxylic acids is 1. The number of nitrogens with one attached hydrogen (secondary N) is 1. The van der Waals surface area contributed by atoms with Gasteiger partial charge in [-0.25, -0.2) is 4.79 Å². The second-order valence-electron chi connectivity index (χ2n) is 6.81. The topological polar surface area (TPSA) is 38.3 Å². The lowest BCUT2D eigenvalue weighted by Gasteiger charge is -2.57. The monoisotopic (exact) mass is 251 g/mol. The highest BCUT2D eigenvalue weighted by Crippen LogP contribution is 2.61. The summed E-state index contributed by atoms with van der Waals surface area (Å²) >= 11 is 0. The molecule has 0 spiro atoms. The van der Waals surface area contributed by atoms with E-state index in [1.165, 1.54) is 38.5 Å². The maximum atomic E-state index is 11.3. The third kappa shape index (κ3) is 2.36. The molecule has 0 heterocycles. The molecule has 0 saturated heterocycles. The molecule has 0 atom stereocenters. The molecule has 4 fully saturated rings. The molecule has 102 valence electrons. The van der Waals surface area contributed by atoms with Crippen LogP contribution in [0.3, 0.4) is 0 Å². The quantitative estimate of drug-likeness (QED) is 0.832. The van der Waals surface area contributed by atoms with E-state index in [0.717, 1.165) is 30.7 Å². The van der Waals surface area contributed by atoms with Gasteiger partial charge in [-0.1, -0.05) is 0 Å². The van der Waals surface area contributed by atoms with Crippen molar-refractivity contribution in [3.05, 3.63) is 0 Å². The number of hydrogen-bond donors (Lipinski definition) is 1. The highest BCUT2D eigenvalue weighted by molar-refractivity contribution is 5.66. The molecule has 3 heteroatoms. The van der Waals surface area contributed by atoms with Crippen LogP contribution < -0.4 is 5.32 Å². The average molecular weight is 251 g/mol. The van der Waals surface area contributed by atoms with E-state index in [9.17, 15) is 4.79 Å². The smallest absolute Gasteiger partial charge is 0.407 e. The summed E-state index contributed by atoms with van der Waals surface area (Å²) < 4.78 is 4.91. The molecule has 1 amide bonds. The Hall–Kier alpha value is -0.730. The van der Waals surface area contributed by atoms with E-state index in [1.54, 1.807) is 0 Å². The predicted molar refractivity (Wildman–Crippen MR) is 70.2 cm³/mol. The van der Waals surface area contributed by atoms with E-state index in [-0.39, 0.29) is 6.09 Å². The molecule has 0 unspecified atom stereocenters. The Labute approximate surface area is 110 Å². The van der Waals surface area contributed by atoms with Crippen LogP contribution in [0.4, 0.5) is 4.79 Å². The molecule has 4 saturated carbocycles. The normalized spacial score (nSPS) is 40.8. The number of amides is 1. The minimum absolute atomic E-state index is 0.248. The summed E-state index contributed by atoms with van der Waals surface area (Å²) in [7, 11) is 0. The van der Waals surface area contributed by atoms with Gasteiger partial charge in [-0.15, -0.1) is 0 Å². The molecule has 1 N–H and O–H groups in total. The van der Waals surface area contributed by atoms with Crippen LogP contribution in [0.25, 0.3) is 0 Å². The lowest BCUT2D eigenvalue weighted by atomic mass is 9.49. The molecule has 0 aromatic carbocycles. The van der Waals surface area contributed by atoms with Crippen molar-refractivity contribution >= 4 is 6.09 Å². The van der Waals surface area contributed by atoms with Crippen molar-refractivity contribution in [2.75, 3.05) is 13.2 Å². The van der Waals surface area contributed by atoms with Gasteiger partial charge in [0.1, 0.15) is 0 Å². The number of hydrogen-bond acceptors (Lipinski definition) is 2. The SMILES string of the molecule is CCOC(=O)NCCC12CC3CC(CC(C3)C1)C2. The predicted octanol–water partition coefficient (Wildman–Crippen LogP) is 3.34. The molecule has 0 radical (unpaired) electrons. The minimum atomic E-state index is -0.248. The van der Waals surface area contributed by atoms with E-state index in [4.69, 9.17) is 4.74 Å². The number of alkyl carbamates (subject to hydrolysis) is 1. The zero-order valence-electron chi connectivity index (χ0n) is 11.4. The first-order valence-corrected chi connectivity index (χ1v) is 7.60. The summed E-state index contributed by atoms with van der Waals surface area (Å²) in [6.45, 7) is 3.10. The van der Waals surface area contributed by atoms with Gasteiger partial charge < -0.3 is 10.1 Å². The number of rotatable bonds is 4. The van der Waals surface area contributed by atoms with Crippen LogP contribution in [0.15, 0.2) is 0 Å². The van der Waals surface area contributed by atoms with E-state index >= 15 is 0 Å². The van der Waals surface area contributed by atoms with Crippen molar-refractivity contribution in [3.63, 3.8) is 0 Å². The van der Waals surface area contributed by atoms with Crippen molar-refractivity contribution in [1.29, 1.82) is 0 Å². The van der Waals surface area contributed by atoms with E-state index in [2.05, 4.69) is 5.32 Å². The Balaban J connectivity index is 1.51. The number of ether oxygens (including phenoxy) is 1. The highest BCUT2D eigenvalue weighted by atomic mass is 16.5. The van der Waals surface area contributed by atoms with Crippen LogP contribution in [0.2, 0.25) is 0 Å². The van der Waals surface area contributed by atoms with E-state index < -0.39 is 0 Å². The molecule has 18 heavy (non-hydrogen) atoms. The van der Waals surface area contributed by atoms with Crippen LogP contribution in [-0.2, 0) is 4.74 Å². The van der Waals surface area contributed by atoms with Crippen molar-refractivity contribution in [1.82, 2.24) is 5.32 Å². The van der Waals surface area contributed by atoms with Crippen LogP contribution >= 0.6 is 0 Å². The molecule has 4 aliphatic rings. The van der Waals surface area contributed by atoms with Crippen molar-refractivity contribution in [2.24, 2.45) is 23.2 Å². The van der Waals surface area contributed by atoms with Gasteiger partial charge >= 0.3 is 6.09 Å². The molecule has 3 nitrogen and oxygen atoms in total. The molecule has 0 aliphatic heterocycles. The van der Waals surface area contributed by atoms with Gasteiger partial charge in [0.25, 0.3) is 0 Å². The molecule has 4 aliphatic carbocycles. The van der Waals surface area contributed by atoms with Crippen LogP contribution in [0.5, 0.6) is 0 Å². The molecule has 4 rings (SSSR count). The zero-order valence-corrected chi connectivity index (χ0v) is 11.4. The molecular formula is C15H25NO2. The fraction of sp³-hybridized carbons (Fsp3) is 0.933. The third-order valence-corrected chi connectivity index (χ3v) is 5.37. The molecular weight excluding hydrogens is 226 g/mol. The summed E-state index contributed by atoms with van der Waals surface area (Å²) in [5.74, 6) is 3.00. The standard InChI is InChI=1S/C15H25NO2/c1-2-18-14(17)16-4-3-15-8-11-5-12(9-15)7-13(6-11)10-15/h11-13H,2-10H2,1H3,(H,16,17). The first-order chi connectivity index (χ1) is 8.69. The Bertz CT molecular complexity index is 291.